The molecule has 2 atom stereocenters. The molecular weight excluding hydrogens is 324 g/mol. The van der Waals surface area contributed by atoms with Gasteiger partial charge >= 0.3 is 0 Å². The summed E-state index contributed by atoms with van der Waals surface area (Å²) in [4.78, 5) is 7.02. The fourth-order valence-electron chi connectivity index (χ4n) is 3.54. The zero-order valence-electron chi connectivity index (χ0n) is 16.3. The van der Waals surface area contributed by atoms with Crippen molar-refractivity contribution in [3.8, 4) is 0 Å². The molecule has 1 saturated carbocycles. The molecule has 144 valence electrons. The van der Waals surface area contributed by atoms with E-state index in [0.29, 0.717) is 12.5 Å². The molecule has 1 aromatic rings. The summed E-state index contributed by atoms with van der Waals surface area (Å²) < 4.78 is 5.82. The van der Waals surface area contributed by atoms with Gasteiger partial charge in [-0.2, -0.15) is 0 Å². The normalized spacial score (nSPS) is 22.4. The third kappa shape index (κ3) is 6.29. The number of aliphatic imine (C=N–C) groups is 1. The number of hydrogen-bond donors (Lipinski definition) is 2. The summed E-state index contributed by atoms with van der Waals surface area (Å²) in [5.41, 5.74) is 1.22. The van der Waals surface area contributed by atoms with Crippen LogP contribution in [0.2, 0.25) is 0 Å². The Balaban J connectivity index is 1.27. The second-order valence-electron chi connectivity index (χ2n) is 7.82. The summed E-state index contributed by atoms with van der Waals surface area (Å²) in [6, 6.07) is 11.2. The SMILES string of the molecule is CN=C(NCC(C)COCc1ccccc1)NCC1CCN(C2CC2)C1. The topological polar surface area (TPSA) is 48.9 Å². The zero-order chi connectivity index (χ0) is 18.2. The maximum atomic E-state index is 5.82. The third-order valence-corrected chi connectivity index (χ3v) is 5.29. The van der Waals surface area contributed by atoms with Crippen molar-refractivity contribution in [2.45, 2.75) is 38.8 Å². The van der Waals surface area contributed by atoms with Gasteiger partial charge in [0.15, 0.2) is 5.96 Å². The standard InChI is InChI=1S/C21H34N4O/c1-17(15-26-16-18-6-4-3-5-7-18)12-23-21(22-2)24-13-19-10-11-25(14-19)20-8-9-20/h3-7,17,19-20H,8-16H2,1-2H3,(H2,22,23,24). The van der Waals surface area contributed by atoms with Crippen LogP contribution in [0.25, 0.3) is 0 Å². The van der Waals surface area contributed by atoms with Crippen molar-refractivity contribution in [3.63, 3.8) is 0 Å². The van der Waals surface area contributed by atoms with Gasteiger partial charge in [0.25, 0.3) is 0 Å². The second-order valence-corrected chi connectivity index (χ2v) is 7.82. The zero-order valence-corrected chi connectivity index (χ0v) is 16.3. The van der Waals surface area contributed by atoms with Gasteiger partial charge in [-0.15, -0.1) is 0 Å². The predicted octanol–water partition coefficient (Wildman–Crippen LogP) is 2.49. The van der Waals surface area contributed by atoms with E-state index in [1.807, 2.05) is 25.2 Å². The average molecular weight is 359 g/mol. The summed E-state index contributed by atoms with van der Waals surface area (Å²) in [6.45, 7) is 8.04. The van der Waals surface area contributed by atoms with Crippen LogP contribution in [-0.4, -0.2) is 56.7 Å². The molecule has 2 aliphatic rings. The molecule has 2 unspecified atom stereocenters. The lowest BCUT2D eigenvalue weighted by atomic mass is 10.1. The van der Waals surface area contributed by atoms with E-state index in [-0.39, 0.29) is 0 Å². The highest BCUT2D eigenvalue weighted by Crippen LogP contribution is 2.31. The molecule has 5 nitrogen and oxygen atoms in total. The number of hydrogen-bond acceptors (Lipinski definition) is 3. The van der Waals surface area contributed by atoms with Crippen molar-refractivity contribution in [1.29, 1.82) is 0 Å². The van der Waals surface area contributed by atoms with Gasteiger partial charge in [0.1, 0.15) is 0 Å². The Morgan fingerprint density at radius 2 is 2.04 bits per heavy atom. The van der Waals surface area contributed by atoms with Gasteiger partial charge in [-0.3, -0.25) is 4.99 Å². The largest absolute Gasteiger partial charge is 0.376 e. The minimum atomic E-state index is 0.439. The maximum Gasteiger partial charge on any atom is 0.190 e. The predicted molar refractivity (Wildman–Crippen MR) is 107 cm³/mol. The molecule has 2 N–H and O–H groups in total. The summed E-state index contributed by atoms with van der Waals surface area (Å²) in [6.07, 6.45) is 4.13. The molecule has 1 heterocycles. The van der Waals surface area contributed by atoms with Crippen LogP contribution in [-0.2, 0) is 11.3 Å². The Kier molecular flexibility index (Phi) is 7.32. The Labute approximate surface area is 158 Å². The van der Waals surface area contributed by atoms with Crippen molar-refractivity contribution in [2.24, 2.45) is 16.8 Å². The van der Waals surface area contributed by atoms with E-state index in [4.69, 9.17) is 4.74 Å². The first-order valence-corrected chi connectivity index (χ1v) is 10.0. The van der Waals surface area contributed by atoms with Gasteiger partial charge in [0.2, 0.25) is 0 Å². The van der Waals surface area contributed by atoms with E-state index in [2.05, 4.69) is 39.6 Å². The lowest BCUT2D eigenvalue weighted by molar-refractivity contribution is 0.0931. The highest BCUT2D eigenvalue weighted by atomic mass is 16.5. The van der Waals surface area contributed by atoms with E-state index in [0.717, 1.165) is 37.6 Å². The molecule has 26 heavy (non-hydrogen) atoms. The highest BCUT2D eigenvalue weighted by Gasteiger charge is 2.34. The van der Waals surface area contributed by atoms with Crippen molar-refractivity contribution >= 4 is 5.96 Å². The Morgan fingerprint density at radius 1 is 1.23 bits per heavy atom. The maximum absolute atomic E-state index is 5.82. The first kappa shape index (κ1) is 19.2. The third-order valence-electron chi connectivity index (χ3n) is 5.29. The average Bonchev–Trinajstić information content (AvgIpc) is 3.41. The number of guanidine groups is 1. The van der Waals surface area contributed by atoms with Gasteiger partial charge in [0.05, 0.1) is 13.2 Å². The molecule has 0 bridgehead atoms. The molecule has 2 fully saturated rings. The summed E-state index contributed by atoms with van der Waals surface area (Å²) >= 11 is 0. The summed E-state index contributed by atoms with van der Waals surface area (Å²) in [5, 5.41) is 6.93. The Bertz CT molecular complexity index is 558. The first-order chi connectivity index (χ1) is 12.7. The quantitative estimate of drug-likeness (QED) is 0.526. The number of nitrogens with one attached hydrogen (secondary N) is 2. The molecule has 1 aromatic carbocycles. The number of ether oxygens (including phenoxy) is 1. The highest BCUT2D eigenvalue weighted by molar-refractivity contribution is 5.79. The van der Waals surface area contributed by atoms with Gasteiger partial charge in [-0.25, -0.2) is 0 Å². The molecule has 3 rings (SSSR count). The van der Waals surface area contributed by atoms with Crippen molar-refractivity contribution < 1.29 is 4.74 Å². The lowest BCUT2D eigenvalue weighted by Crippen LogP contribution is -2.42. The molecule has 5 heteroatoms. The van der Waals surface area contributed by atoms with Gasteiger partial charge in [0, 0.05) is 32.7 Å². The van der Waals surface area contributed by atoms with Crippen LogP contribution < -0.4 is 10.6 Å². The minimum absolute atomic E-state index is 0.439. The van der Waals surface area contributed by atoms with Crippen LogP contribution in [0.3, 0.4) is 0 Å². The van der Waals surface area contributed by atoms with Crippen molar-refractivity contribution in [1.82, 2.24) is 15.5 Å². The van der Waals surface area contributed by atoms with Gasteiger partial charge < -0.3 is 20.3 Å². The van der Waals surface area contributed by atoms with Crippen LogP contribution in [0.4, 0.5) is 0 Å². The molecule has 0 radical (unpaired) electrons. The van der Waals surface area contributed by atoms with Crippen LogP contribution in [0.15, 0.2) is 35.3 Å². The minimum Gasteiger partial charge on any atom is -0.376 e. The van der Waals surface area contributed by atoms with Crippen LogP contribution >= 0.6 is 0 Å². The fraction of sp³-hybridized carbons (Fsp3) is 0.667. The van der Waals surface area contributed by atoms with Gasteiger partial charge in [-0.05, 0) is 43.2 Å². The van der Waals surface area contributed by atoms with E-state index in [1.165, 1.54) is 37.9 Å². The van der Waals surface area contributed by atoms with Gasteiger partial charge in [-0.1, -0.05) is 37.3 Å². The molecule has 1 aliphatic carbocycles. The van der Waals surface area contributed by atoms with Crippen molar-refractivity contribution in [3.05, 3.63) is 35.9 Å². The van der Waals surface area contributed by atoms with E-state index >= 15 is 0 Å². The summed E-state index contributed by atoms with van der Waals surface area (Å²) in [7, 11) is 1.84. The summed E-state index contributed by atoms with van der Waals surface area (Å²) in [5.74, 6) is 2.10. The number of rotatable bonds is 9. The molecule has 0 amide bonds. The smallest absolute Gasteiger partial charge is 0.190 e. The van der Waals surface area contributed by atoms with E-state index < -0.39 is 0 Å². The molecule has 1 aliphatic heterocycles. The fourth-order valence-corrected chi connectivity index (χ4v) is 3.54. The number of benzene rings is 1. The molecule has 0 aromatic heterocycles. The molecule has 1 saturated heterocycles. The number of nitrogens with zero attached hydrogens (tertiary/aromatic N) is 2. The van der Waals surface area contributed by atoms with E-state index in [9.17, 15) is 0 Å². The lowest BCUT2D eigenvalue weighted by Gasteiger charge is -2.18. The van der Waals surface area contributed by atoms with Crippen molar-refractivity contribution in [2.75, 3.05) is 39.8 Å². The monoisotopic (exact) mass is 358 g/mol. The molecular formula is C21H34N4O. The first-order valence-electron chi connectivity index (χ1n) is 10.0. The number of likely N-dealkylation sites (tertiary alicyclic amines) is 1. The molecule has 0 spiro atoms. The Hall–Kier alpha value is -1.59. The van der Waals surface area contributed by atoms with Crippen LogP contribution in [0.5, 0.6) is 0 Å². The van der Waals surface area contributed by atoms with Crippen LogP contribution in [0, 0.1) is 11.8 Å². The van der Waals surface area contributed by atoms with Crippen LogP contribution in [0.1, 0.15) is 31.7 Å². The second kappa shape index (κ2) is 9.93. The Morgan fingerprint density at radius 3 is 2.77 bits per heavy atom. The van der Waals surface area contributed by atoms with E-state index in [1.54, 1.807) is 0 Å².